The summed E-state index contributed by atoms with van der Waals surface area (Å²) in [7, 11) is 0. The van der Waals surface area contributed by atoms with Crippen molar-refractivity contribution in [2.24, 2.45) is 5.92 Å². The number of carbonyl (C=O) groups excluding carboxylic acids is 2. The van der Waals surface area contributed by atoms with Crippen LogP contribution in [0, 0.1) is 5.92 Å². The first-order valence-corrected chi connectivity index (χ1v) is 11.0. The standard InChI is InChI=1S/C22H23BrClN3O2/c23-16-7-5-15(6-8-16)19-14-20(19)21(28)26-9-2-10-27(12-11-26)22(29)25-18-4-1-3-17(24)13-18/h1,3-8,13,19-20H,2,9-12,14H2,(H,25,29)/t19-,20+/m0/s1. The van der Waals surface area contributed by atoms with E-state index in [-0.39, 0.29) is 17.9 Å². The molecule has 5 nitrogen and oxygen atoms in total. The molecule has 29 heavy (non-hydrogen) atoms. The van der Waals surface area contributed by atoms with Crippen molar-refractivity contribution >= 4 is 45.2 Å². The minimum Gasteiger partial charge on any atom is -0.341 e. The van der Waals surface area contributed by atoms with Gasteiger partial charge in [-0.1, -0.05) is 45.7 Å². The van der Waals surface area contributed by atoms with E-state index in [0.717, 1.165) is 17.3 Å². The normalized spacial score (nSPS) is 21.4. The molecule has 2 atom stereocenters. The van der Waals surface area contributed by atoms with Crippen molar-refractivity contribution in [1.29, 1.82) is 0 Å². The molecule has 0 aromatic heterocycles. The summed E-state index contributed by atoms with van der Waals surface area (Å²) < 4.78 is 1.05. The number of halogens is 2. The zero-order chi connectivity index (χ0) is 20.4. The van der Waals surface area contributed by atoms with Gasteiger partial charge in [0, 0.05) is 47.3 Å². The molecule has 2 aromatic carbocycles. The number of benzene rings is 2. The van der Waals surface area contributed by atoms with E-state index in [2.05, 4.69) is 33.4 Å². The summed E-state index contributed by atoms with van der Waals surface area (Å²) in [5, 5.41) is 3.47. The Morgan fingerprint density at radius 2 is 1.72 bits per heavy atom. The molecule has 2 fully saturated rings. The van der Waals surface area contributed by atoms with Crippen LogP contribution in [-0.4, -0.2) is 47.9 Å². The Balaban J connectivity index is 1.31. The van der Waals surface area contributed by atoms with Gasteiger partial charge < -0.3 is 15.1 Å². The number of urea groups is 1. The van der Waals surface area contributed by atoms with Gasteiger partial charge in [-0.25, -0.2) is 4.79 Å². The second kappa shape index (κ2) is 8.76. The third kappa shape index (κ3) is 4.93. The molecule has 1 N–H and O–H groups in total. The quantitative estimate of drug-likeness (QED) is 0.680. The Morgan fingerprint density at radius 3 is 2.48 bits per heavy atom. The molecule has 0 spiro atoms. The van der Waals surface area contributed by atoms with Crippen molar-refractivity contribution in [2.45, 2.75) is 18.8 Å². The largest absolute Gasteiger partial charge is 0.341 e. The van der Waals surface area contributed by atoms with Crippen molar-refractivity contribution in [3.8, 4) is 0 Å². The molecular weight excluding hydrogens is 454 g/mol. The van der Waals surface area contributed by atoms with Gasteiger partial charge in [-0.15, -0.1) is 0 Å². The van der Waals surface area contributed by atoms with Crippen LogP contribution < -0.4 is 5.32 Å². The van der Waals surface area contributed by atoms with E-state index in [4.69, 9.17) is 11.6 Å². The average Bonchev–Trinajstić information content (AvgIpc) is 3.52. The van der Waals surface area contributed by atoms with Gasteiger partial charge >= 0.3 is 6.03 Å². The number of hydrogen-bond acceptors (Lipinski definition) is 2. The zero-order valence-electron chi connectivity index (χ0n) is 16.0. The molecule has 1 saturated heterocycles. The lowest BCUT2D eigenvalue weighted by Crippen LogP contribution is -2.39. The van der Waals surface area contributed by atoms with Gasteiger partial charge in [-0.3, -0.25) is 4.79 Å². The van der Waals surface area contributed by atoms with E-state index in [0.29, 0.717) is 42.8 Å². The van der Waals surface area contributed by atoms with Crippen molar-refractivity contribution in [1.82, 2.24) is 9.80 Å². The molecule has 7 heteroatoms. The molecular formula is C22H23BrClN3O2. The predicted molar refractivity (Wildman–Crippen MR) is 118 cm³/mol. The van der Waals surface area contributed by atoms with E-state index < -0.39 is 0 Å². The van der Waals surface area contributed by atoms with Crippen LogP contribution in [0.5, 0.6) is 0 Å². The van der Waals surface area contributed by atoms with Crippen molar-refractivity contribution in [3.63, 3.8) is 0 Å². The van der Waals surface area contributed by atoms with E-state index in [9.17, 15) is 9.59 Å². The van der Waals surface area contributed by atoms with Crippen LogP contribution in [0.2, 0.25) is 5.02 Å². The Morgan fingerprint density at radius 1 is 1.00 bits per heavy atom. The summed E-state index contributed by atoms with van der Waals surface area (Å²) in [5.41, 5.74) is 1.90. The number of anilines is 1. The minimum atomic E-state index is -0.152. The van der Waals surface area contributed by atoms with Gasteiger partial charge in [-0.2, -0.15) is 0 Å². The molecule has 3 amide bonds. The SMILES string of the molecule is O=C(Nc1cccc(Cl)c1)N1CCCN(C(=O)[C@@H]2C[C@H]2c2ccc(Br)cc2)CC1. The summed E-state index contributed by atoms with van der Waals surface area (Å²) in [5.74, 6) is 0.610. The minimum absolute atomic E-state index is 0.0722. The molecule has 0 radical (unpaired) electrons. The molecule has 1 saturated carbocycles. The maximum Gasteiger partial charge on any atom is 0.321 e. The van der Waals surface area contributed by atoms with Crippen molar-refractivity contribution < 1.29 is 9.59 Å². The van der Waals surface area contributed by atoms with Gasteiger partial charge in [0.1, 0.15) is 0 Å². The summed E-state index contributed by atoms with van der Waals surface area (Å²) in [6.07, 6.45) is 1.69. The smallest absolute Gasteiger partial charge is 0.321 e. The first-order valence-electron chi connectivity index (χ1n) is 9.87. The van der Waals surface area contributed by atoms with Crippen LogP contribution in [0.15, 0.2) is 53.0 Å². The second-order valence-corrected chi connectivity index (χ2v) is 8.96. The van der Waals surface area contributed by atoms with Gasteiger partial charge in [0.05, 0.1) is 0 Å². The molecule has 2 aromatic rings. The van der Waals surface area contributed by atoms with E-state index >= 15 is 0 Å². The Kier molecular flexibility index (Phi) is 6.11. The average molecular weight is 477 g/mol. The number of hydrogen-bond donors (Lipinski definition) is 1. The number of carbonyl (C=O) groups is 2. The lowest BCUT2D eigenvalue weighted by atomic mass is 10.1. The summed E-state index contributed by atoms with van der Waals surface area (Å²) >= 11 is 9.43. The summed E-state index contributed by atoms with van der Waals surface area (Å²) in [6.45, 7) is 2.44. The topological polar surface area (TPSA) is 52.7 Å². The highest BCUT2D eigenvalue weighted by Gasteiger charge is 2.45. The molecule has 2 aliphatic rings. The number of rotatable bonds is 3. The lowest BCUT2D eigenvalue weighted by Gasteiger charge is -2.22. The Bertz CT molecular complexity index is 905. The predicted octanol–water partition coefficient (Wildman–Crippen LogP) is 4.97. The first kappa shape index (κ1) is 20.2. The van der Waals surface area contributed by atoms with Crippen LogP contribution in [0.4, 0.5) is 10.5 Å². The van der Waals surface area contributed by atoms with Crippen molar-refractivity contribution in [2.75, 3.05) is 31.5 Å². The molecule has 1 aliphatic heterocycles. The maximum absolute atomic E-state index is 13.0. The van der Waals surface area contributed by atoms with E-state index in [1.165, 1.54) is 5.56 Å². The highest BCUT2D eigenvalue weighted by atomic mass is 79.9. The van der Waals surface area contributed by atoms with Crippen LogP contribution in [0.1, 0.15) is 24.3 Å². The highest BCUT2D eigenvalue weighted by molar-refractivity contribution is 9.10. The molecule has 152 valence electrons. The number of nitrogens with one attached hydrogen (secondary N) is 1. The second-order valence-electron chi connectivity index (χ2n) is 7.61. The Hall–Kier alpha value is -2.05. The van der Waals surface area contributed by atoms with Gasteiger partial charge in [0.2, 0.25) is 5.91 Å². The van der Waals surface area contributed by atoms with Crippen LogP contribution in [-0.2, 0) is 4.79 Å². The fourth-order valence-electron chi connectivity index (χ4n) is 3.89. The molecule has 1 aliphatic carbocycles. The first-order chi connectivity index (χ1) is 14.0. The van der Waals surface area contributed by atoms with E-state index in [1.54, 1.807) is 23.1 Å². The number of nitrogens with zero attached hydrogens (tertiary/aromatic N) is 2. The summed E-state index contributed by atoms with van der Waals surface area (Å²) in [6, 6.07) is 15.2. The van der Waals surface area contributed by atoms with Gasteiger partial charge in [0.15, 0.2) is 0 Å². The van der Waals surface area contributed by atoms with Crippen molar-refractivity contribution in [3.05, 3.63) is 63.6 Å². The zero-order valence-corrected chi connectivity index (χ0v) is 18.3. The number of amides is 3. The Labute approximate surface area is 184 Å². The lowest BCUT2D eigenvalue weighted by molar-refractivity contribution is -0.132. The van der Waals surface area contributed by atoms with Gasteiger partial charge in [-0.05, 0) is 54.7 Å². The molecule has 0 bridgehead atoms. The molecule has 0 unspecified atom stereocenters. The third-order valence-electron chi connectivity index (χ3n) is 5.58. The fraction of sp³-hybridized carbons (Fsp3) is 0.364. The van der Waals surface area contributed by atoms with Crippen LogP contribution in [0.3, 0.4) is 0 Å². The van der Waals surface area contributed by atoms with Crippen LogP contribution >= 0.6 is 27.5 Å². The molecule has 4 rings (SSSR count). The third-order valence-corrected chi connectivity index (χ3v) is 6.34. The maximum atomic E-state index is 13.0. The fourth-order valence-corrected chi connectivity index (χ4v) is 4.35. The highest BCUT2D eigenvalue weighted by Crippen LogP contribution is 2.48. The summed E-state index contributed by atoms with van der Waals surface area (Å²) in [4.78, 5) is 29.2. The molecule has 1 heterocycles. The van der Waals surface area contributed by atoms with Crippen LogP contribution in [0.25, 0.3) is 0 Å². The van der Waals surface area contributed by atoms with Gasteiger partial charge in [0.25, 0.3) is 0 Å². The van der Waals surface area contributed by atoms with E-state index in [1.807, 2.05) is 23.1 Å². The monoisotopic (exact) mass is 475 g/mol.